The fourth-order valence-corrected chi connectivity index (χ4v) is 4.02. The van der Waals surface area contributed by atoms with Crippen LogP contribution < -0.4 is 9.80 Å². The summed E-state index contributed by atoms with van der Waals surface area (Å²) in [7, 11) is 1.69. The van der Waals surface area contributed by atoms with Gasteiger partial charge in [0.15, 0.2) is 5.54 Å². The van der Waals surface area contributed by atoms with Crippen LogP contribution >= 0.6 is 0 Å². The van der Waals surface area contributed by atoms with Crippen molar-refractivity contribution >= 4 is 23.4 Å². The normalized spacial score (nSPS) is 20.9. The van der Waals surface area contributed by atoms with Crippen LogP contribution in [0.2, 0.25) is 0 Å². The summed E-state index contributed by atoms with van der Waals surface area (Å²) >= 11 is 0. The van der Waals surface area contributed by atoms with Gasteiger partial charge in [0, 0.05) is 24.7 Å². The molecule has 2 amide bonds. The van der Waals surface area contributed by atoms with Gasteiger partial charge in [0.1, 0.15) is 11.4 Å². The van der Waals surface area contributed by atoms with Crippen LogP contribution in [0.4, 0.5) is 20.6 Å². The topological polar surface area (TPSA) is 49.9 Å². The Balaban J connectivity index is 1.95. The third kappa shape index (κ3) is 2.43. The molecular weight excluding hydrogens is 347 g/mol. The molecule has 0 aromatic heterocycles. The minimum Gasteiger partial charge on any atom is -0.443 e. The van der Waals surface area contributed by atoms with Crippen LogP contribution in [-0.4, -0.2) is 24.6 Å². The molecule has 2 aliphatic rings. The SMILES string of the molecule is CN1C(=O)C2(Cc3ccc(F)cc3N2C(=O)OC(C)(C)C)c2ccccc21. The summed E-state index contributed by atoms with van der Waals surface area (Å²) in [5, 5.41) is 0. The average Bonchev–Trinajstić information content (AvgIpc) is 3.03. The van der Waals surface area contributed by atoms with Gasteiger partial charge in [-0.05, 0) is 44.5 Å². The first-order valence-electron chi connectivity index (χ1n) is 8.84. The number of ether oxygens (including phenoxy) is 1. The number of amides is 2. The second-order valence-corrected chi connectivity index (χ2v) is 8.01. The van der Waals surface area contributed by atoms with Crippen molar-refractivity contribution in [1.29, 1.82) is 0 Å². The Labute approximate surface area is 157 Å². The molecule has 140 valence electrons. The van der Waals surface area contributed by atoms with E-state index in [1.165, 1.54) is 17.0 Å². The number of para-hydroxylation sites is 1. The first-order valence-corrected chi connectivity index (χ1v) is 8.84. The Hall–Kier alpha value is -2.89. The van der Waals surface area contributed by atoms with Crippen molar-refractivity contribution in [1.82, 2.24) is 0 Å². The molecule has 4 rings (SSSR count). The van der Waals surface area contributed by atoms with E-state index in [4.69, 9.17) is 4.74 Å². The number of carbonyl (C=O) groups is 2. The number of likely N-dealkylation sites (N-methyl/N-ethyl adjacent to an activating group) is 1. The predicted molar refractivity (Wildman–Crippen MR) is 100 cm³/mol. The zero-order chi connectivity index (χ0) is 19.6. The summed E-state index contributed by atoms with van der Waals surface area (Å²) in [6.45, 7) is 5.28. The molecule has 1 atom stereocenters. The quantitative estimate of drug-likeness (QED) is 0.706. The standard InChI is InChI=1S/C21H21FN2O3/c1-20(2,3)27-19(26)24-17-11-14(22)10-9-13(17)12-21(24)15-7-5-6-8-16(15)23(4)18(21)25/h5-11H,12H2,1-4H3. The Morgan fingerprint density at radius 2 is 1.85 bits per heavy atom. The fraction of sp³-hybridized carbons (Fsp3) is 0.333. The third-order valence-electron chi connectivity index (χ3n) is 5.06. The summed E-state index contributed by atoms with van der Waals surface area (Å²) < 4.78 is 19.6. The maximum Gasteiger partial charge on any atom is 0.416 e. The highest BCUT2D eigenvalue weighted by Gasteiger charge is 2.60. The molecule has 0 saturated carbocycles. The molecule has 1 spiro atoms. The van der Waals surface area contributed by atoms with Crippen LogP contribution in [0, 0.1) is 5.82 Å². The summed E-state index contributed by atoms with van der Waals surface area (Å²) in [6.07, 6.45) is -0.382. The van der Waals surface area contributed by atoms with Crippen LogP contribution in [0.25, 0.3) is 0 Å². The molecule has 0 bridgehead atoms. The molecule has 0 fully saturated rings. The number of fused-ring (bicyclic) bond motifs is 3. The van der Waals surface area contributed by atoms with Crippen molar-refractivity contribution in [2.45, 2.75) is 38.3 Å². The molecule has 0 N–H and O–H groups in total. The zero-order valence-corrected chi connectivity index (χ0v) is 15.7. The number of nitrogens with zero attached hydrogens (tertiary/aromatic N) is 2. The van der Waals surface area contributed by atoms with Gasteiger partial charge in [-0.15, -0.1) is 0 Å². The van der Waals surface area contributed by atoms with Gasteiger partial charge < -0.3 is 9.64 Å². The first-order chi connectivity index (χ1) is 12.6. The van der Waals surface area contributed by atoms with E-state index in [9.17, 15) is 14.0 Å². The van der Waals surface area contributed by atoms with Crippen LogP contribution in [-0.2, 0) is 21.5 Å². The maximum atomic E-state index is 14.0. The number of halogens is 1. The monoisotopic (exact) mass is 368 g/mol. The fourth-order valence-electron chi connectivity index (χ4n) is 4.02. The molecule has 0 aliphatic carbocycles. The van der Waals surface area contributed by atoms with E-state index >= 15 is 0 Å². The number of carbonyl (C=O) groups excluding carboxylic acids is 2. The van der Waals surface area contributed by atoms with Crippen LogP contribution in [0.1, 0.15) is 31.9 Å². The van der Waals surface area contributed by atoms with E-state index in [1.807, 2.05) is 24.3 Å². The van der Waals surface area contributed by atoms with Crippen LogP contribution in [0.15, 0.2) is 42.5 Å². The molecule has 0 saturated heterocycles. The lowest BCUT2D eigenvalue weighted by Crippen LogP contribution is -2.54. The number of rotatable bonds is 0. The third-order valence-corrected chi connectivity index (χ3v) is 5.06. The van der Waals surface area contributed by atoms with Gasteiger partial charge in [-0.25, -0.2) is 9.18 Å². The molecule has 27 heavy (non-hydrogen) atoms. The van der Waals surface area contributed by atoms with E-state index in [-0.39, 0.29) is 12.3 Å². The number of hydrogen-bond donors (Lipinski definition) is 0. The first kappa shape index (κ1) is 17.5. The largest absolute Gasteiger partial charge is 0.443 e. The van der Waals surface area contributed by atoms with Gasteiger partial charge in [0.25, 0.3) is 5.91 Å². The number of hydrogen-bond acceptors (Lipinski definition) is 3. The second kappa shape index (κ2) is 5.55. The van der Waals surface area contributed by atoms with Crippen molar-refractivity contribution in [2.75, 3.05) is 16.8 Å². The molecule has 6 heteroatoms. The van der Waals surface area contributed by atoms with E-state index in [1.54, 1.807) is 38.8 Å². The summed E-state index contributed by atoms with van der Waals surface area (Å²) in [5.41, 5.74) is 0.568. The van der Waals surface area contributed by atoms with Gasteiger partial charge in [-0.3, -0.25) is 9.69 Å². The van der Waals surface area contributed by atoms with Gasteiger partial charge in [-0.1, -0.05) is 24.3 Å². The lowest BCUT2D eigenvalue weighted by Gasteiger charge is -2.35. The number of anilines is 2. The van der Waals surface area contributed by atoms with E-state index < -0.39 is 23.1 Å². The molecule has 1 unspecified atom stereocenters. The van der Waals surface area contributed by atoms with Crippen molar-refractivity contribution in [2.24, 2.45) is 0 Å². The highest BCUT2D eigenvalue weighted by Crippen LogP contribution is 2.53. The zero-order valence-electron chi connectivity index (χ0n) is 15.7. The molecule has 2 aliphatic heterocycles. The molecule has 5 nitrogen and oxygen atoms in total. The molecular formula is C21H21FN2O3. The van der Waals surface area contributed by atoms with E-state index in [2.05, 4.69) is 0 Å². The molecule has 0 radical (unpaired) electrons. The Morgan fingerprint density at radius 3 is 2.56 bits per heavy atom. The highest BCUT2D eigenvalue weighted by molar-refractivity contribution is 6.15. The van der Waals surface area contributed by atoms with Crippen molar-refractivity contribution in [3.8, 4) is 0 Å². The number of benzene rings is 2. The summed E-state index contributed by atoms with van der Waals surface area (Å²) in [4.78, 5) is 29.5. The van der Waals surface area contributed by atoms with Crippen LogP contribution in [0.3, 0.4) is 0 Å². The predicted octanol–water partition coefficient (Wildman–Crippen LogP) is 4.00. The van der Waals surface area contributed by atoms with Crippen LogP contribution in [0.5, 0.6) is 0 Å². The lowest BCUT2D eigenvalue weighted by molar-refractivity contribution is -0.122. The molecule has 2 aromatic rings. The minimum absolute atomic E-state index is 0.230. The Kier molecular flexibility index (Phi) is 3.60. The summed E-state index contributed by atoms with van der Waals surface area (Å²) in [5.74, 6) is -0.697. The van der Waals surface area contributed by atoms with Gasteiger partial charge in [-0.2, -0.15) is 0 Å². The average molecular weight is 368 g/mol. The van der Waals surface area contributed by atoms with Gasteiger partial charge >= 0.3 is 6.09 Å². The second-order valence-electron chi connectivity index (χ2n) is 8.01. The highest BCUT2D eigenvalue weighted by atomic mass is 19.1. The van der Waals surface area contributed by atoms with Gasteiger partial charge in [0.2, 0.25) is 0 Å². The maximum absolute atomic E-state index is 14.0. The van der Waals surface area contributed by atoms with Crippen molar-refractivity contribution in [3.05, 3.63) is 59.4 Å². The molecule has 2 aromatic carbocycles. The van der Waals surface area contributed by atoms with E-state index in [0.29, 0.717) is 5.69 Å². The van der Waals surface area contributed by atoms with Gasteiger partial charge in [0.05, 0.1) is 5.69 Å². The lowest BCUT2D eigenvalue weighted by atomic mass is 9.87. The van der Waals surface area contributed by atoms with Crippen molar-refractivity contribution in [3.63, 3.8) is 0 Å². The smallest absolute Gasteiger partial charge is 0.416 e. The minimum atomic E-state index is -1.26. The Morgan fingerprint density at radius 1 is 1.15 bits per heavy atom. The van der Waals surface area contributed by atoms with Crippen molar-refractivity contribution < 1.29 is 18.7 Å². The summed E-state index contributed by atoms with van der Waals surface area (Å²) in [6, 6.07) is 11.6. The molecule has 2 heterocycles. The Bertz CT molecular complexity index is 966. The van der Waals surface area contributed by atoms with E-state index in [0.717, 1.165) is 16.8 Å².